The Hall–Kier alpha value is -2.66. The lowest BCUT2D eigenvalue weighted by molar-refractivity contribution is -0.121. The molecule has 0 spiro atoms. The summed E-state index contributed by atoms with van der Waals surface area (Å²) in [6.07, 6.45) is 0. The van der Waals surface area contributed by atoms with Gasteiger partial charge in [-0.05, 0) is 44.3 Å². The molecular weight excluding hydrogens is 338 g/mol. The number of hydrogen-bond acceptors (Lipinski definition) is 3. The van der Waals surface area contributed by atoms with E-state index in [2.05, 4.69) is 31.0 Å². The molecule has 1 amide bonds. The molecule has 0 aliphatic rings. The van der Waals surface area contributed by atoms with Crippen molar-refractivity contribution in [2.75, 3.05) is 19.6 Å². The summed E-state index contributed by atoms with van der Waals surface area (Å²) < 4.78 is 1.93. The molecule has 1 heterocycles. The van der Waals surface area contributed by atoms with Crippen LogP contribution >= 0.6 is 0 Å². The van der Waals surface area contributed by atoms with Crippen molar-refractivity contribution >= 4 is 27.7 Å². The van der Waals surface area contributed by atoms with Crippen molar-refractivity contribution in [1.82, 2.24) is 14.8 Å². The largest absolute Gasteiger partial charge is 0.353 e. The van der Waals surface area contributed by atoms with E-state index in [9.17, 15) is 9.59 Å². The van der Waals surface area contributed by atoms with Crippen LogP contribution in [0.1, 0.15) is 20.8 Å². The first-order valence-corrected chi connectivity index (χ1v) is 9.57. The smallest absolute Gasteiger partial charge is 0.240 e. The monoisotopic (exact) mass is 365 g/mol. The zero-order valence-corrected chi connectivity index (χ0v) is 16.2. The number of likely N-dealkylation sites (N-methyl/N-ethyl adjacent to an activating group) is 1. The van der Waals surface area contributed by atoms with Gasteiger partial charge in [0.15, 0.2) is 5.43 Å². The maximum Gasteiger partial charge on any atom is 0.240 e. The highest BCUT2D eigenvalue weighted by atomic mass is 16.2. The van der Waals surface area contributed by atoms with E-state index in [1.165, 1.54) is 0 Å². The predicted octanol–water partition coefficient (Wildman–Crippen LogP) is 3.00. The third kappa shape index (κ3) is 3.88. The van der Waals surface area contributed by atoms with Crippen LogP contribution in [0.2, 0.25) is 0 Å². The molecule has 3 aromatic rings. The second kappa shape index (κ2) is 8.35. The molecule has 0 fully saturated rings. The summed E-state index contributed by atoms with van der Waals surface area (Å²) in [4.78, 5) is 27.7. The number of aromatic nitrogens is 1. The third-order valence-electron chi connectivity index (χ3n) is 5.21. The first kappa shape index (κ1) is 19.1. The summed E-state index contributed by atoms with van der Waals surface area (Å²) in [7, 11) is 0. The molecule has 142 valence electrons. The summed E-state index contributed by atoms with van der Waals surface area (Å²) in [5.41, 5.74) is 1.58. The Morgan fingerprint density at radius 1 is 1.00 bits per heavy atom. The van der Waals surface area contributed by atoms with Crippen LogP contribution in [-0.4, -0.2) is 41.1 Å². The molecule has 0 saturated carbocycles. The minimum Gasteiger partial charge on any atom is -0.353 e. The molecule has 2 aromatic carbocycles. The quantitative estimate of drug-likeness (QED) is 0.655. The van der Waals surface area contributed by atoms with E-state index in [0.29, 0.717) is 17.3 Å². The minimum atomic E-state index is -0.0482. The molecule has 5 nitrogen and oxygen atoms in total. The Labute approximate surface area is 159 Å². The first-order chi connectivity index (χ1) is 13.1. The Balaban J connectivity index is 1.91. The molecule has 0 aliphatic heterocycles. The summed E-state index contributed by atoms with van der Waals surface area (Å²) in [6, 6.07) is 15.2. The molecule has 0 bridgehead atoms. The molecule has 1 N–H and O–H groups in total. The Morgan fingerprint density at radius 2 is 1.52 bits per heavy atom. The third-order valence-corrected chi connectivity index (χ3v) is 5.21. The van der Waals surface area contributed by atoms with E-state index in [1.54, 1.807) is 0 Å². The highest BCUT2D eigenvalue weighted by Gasteiger charge is 2.14. The van der Waals surface area contributed by atoms with Crippen molar-refractivity contribution in [2.24, 2.45) is 0 Å². The van der Waals surface area contributed by atoms with Crippen LogP contribution < -0.4 is 10.7 Å². The normalized spacial score (nSPS) is 12.6. The van der Waals surface area contributed by atoms with Crippen molar-refractivity contribution in [2.45, 2.75) is 33.4 Å². The molecule has 0 saturated heterocycles. The van der Waals surface area contributed by atoms with Crippen LogP contribution in [0.5, 0.6) is 0 Å². The molecule has 3 rings (SSSR count). The Bertz CT molecular complexity index is 945. The lowest BCUT2D eigenvalue weighted by Crippen LogP contribution is -2.42. The van der Waals surface area contributed by atoms with Crippen LogP contribution in [0.3, 0.4) is 0 Å². The van der Waals surface area contributed by atoms with E-state index >= 15 is 0 Å². The highest BCUT2D eigenvalue weighted by Crippen LogP contribution is 2.18. The van der Waals surface area contributed by atoms with Gasteiger partial charge in [0, 0.05) is 23.4 Å². The fourth-order valence-corrected chi connectivity index (χ4v) is 3.68. The topological polar surface area (TPSA) is 54.3 Å². The number of pyridine rings is 1. The maximum atomic E-state index is 12.8. The van der Waals surface area contributed by atoms with Crippen molar-refractivity contribution in [3.63, 3.8) is 0 Å². The maximum absolute atomic E-state index is 12.8. The van der Waals surface area contributed by atoms with Crippen molar-refractivity contribution in [1.29, 1.82) is 0 Å². The van der Waals surface area contributed by atoms with Gasteiger partial charge < -0.3 is 9.88 Å². The SMILES string of the molecule is CCN(CC)C(C)CNC(=O)Cn1c2ccccc2c(=O)c2ccccc21. The lowest BCUT2D eigenvalue weighted by Gasteiger charge is -2.26. The van der Waals surface area contributed by atoms with E-state index < -0.39 is 0 Å². The van der Waals surface area contributed by atoms with Crippen LogP contribution in [0.15, 0.2) is 53.3 Å². The highest BCUT2D eigenvalue weighted by molar-refractivity contribution is 5.94. The number of carbonyl (C=O) groups is 1. The van der Waals surface area contributed by atoms with Gasteiger partial charge in [-0.15, -0.1) is 0 Å². The summed E-state index contributed by atoms with van der Waals surface area (Å²) in [5.74, 6) is -0.0482. The molecule has 1 atom stereocenters. The van der Waals surface area contributed by atoms with Crippen LogP contribution in [0.25, 0.3) is 21.8 Å². The van der Waals surface area contributed by atoms with Gasteiger partial charge in [-0.25, -0.2) is 0 Å². The van der Waals surface area contributed by atoms with E-state index in [4.69, 9.17) is 0 Å². The second-order valence-corrected chi connectivity index (χ2v) is 6.82. The zero-order valence-electron chi connectivity index (χ0n) is 16.2. The van der Waals surface area contributed by atoms with Crippen LogP contribution in [-0.2, 0) is 11.3 Å². The number of carbonyl (C=O) groups excluding carboxylic acids is 1. The van der Waals surface area contributed by atoms with Crippen LogP contribution in [0, 0.1) is 0 Å². The van der Waals surface area contributed by atoms with Gasteiger partial charge in [0.1, 0.15) is 6.54 Å². The van der Waals surface area contributed by atoms with Gasteiger partial charge in [0.05, 0.1) is 11.0 Å². The van der Waals surface area contributed by atoms with Gasteiger partial charge >= 0.3 is 0 Å². The first-order valence-electron chi connectivity index (χ1n) is 9.57. The number of nitrogens with zero attached hydrogens (tertiary/aromatic N) is 2. The van der Waals surface area contributed by atoms with Gasteiger partial charge in [-0.3, -0.25) is 14.5 Å². The number of para-hydroxylation sites is 2. The van der Waals surface area contributed by atoms with Crippen LogP contribution in [0.4, 0.5) is 0 Å². The van der Waals surface area contributed by atoms with Crippen molar-refractivity contribution in [3.05, 3.63) is 58.8 Å². The average molecular weight is 365 g/mol. The van der Waals surface area contributed by atoms with Gasteiger partial charge in [0.25, 0.3) is 0 Å². The molecule has 1 aromatic heterocycles. The van der Waals surface area contributed by atoms with Gasteiger partial charge in [-0.2, -0.15) is 0 Å². The average Bonchev–Trinajstić information content (AvgIpc) is 2.70. The second-order valence-electron chi connectivity index (χ2n) is 6.82. The standard InChI is InChI=1S/C22H27N3O2/c1-4-24(5-2)16(3)14-23-21(26)15-25-19-12-8-6-10-17(19)22(27)18-11-7-9-13-20(18)25/h6-13,16H,4-5,14-15H2,1-3H3,(H,23,26). The fraction of sp³-hybridized carbons (Fsp3) is 0.364. The number of fused-ring (bicyclic) bond motifs is 2. The van der Waals surface area contributed by atoms with Gasteiger partial charge in [0.2, 0.25) is 5.91 Å². The van der Waals surface area contributed by atoms with E-state index in [1.807, 2.05) is 53.1 Å². The van der Waals surface area contributed by atoms with Gasteiger partial charge in [-0.1, -0.05) is 38.1 Å². The Kier molecular flexibility index (Phi) is 5.91. The predicted molar refractivity (Wildman–Crippen MR) is 111 cm³/mol. The molecule has 0 aliphatic carbocycles. The summed E-state index contributed by atoms with van der Waals surface area (Å²) in [6.45, 7) is 9.09. The fourth-order valence-electron chi connectivity index (χ4n) is 3.68. The van der Waals surface area contributed by atoms with E-state index in [0.717, 1.165) is 24.1 Å². The number of rotatable bonds is 7. The molecule has 1 unspecified atom stereocenters. The molecular formula is C22H27N3O2. The zero-order chi connectivity index (χ0) is 19.4. The van der Waals surface area contributed by atoms with Crippen molar-refractivity contribution in [3.8, 4) is 0 Å². The summed E-state index contributed by atoms with van der Waals surface area (Å²) in [5, 5.41) is 4.32. The summed E-state index contributed by atoms with van der Waals surface area (Å²) >= 11 is 0. The van der Waals surface area contributed by atoms with E-state index in [-0.39, 0.29) is 23.9 Å². The number of nitrogens with one attached hydrogen (secondary N) is 1. The Morgan fingerprint density at radius 3 is 2.04 bits per heavy atom. The molecule has 0 radical (unpaired) electrons. The molecule has 27 heavy (non-hydrogen) atoms. The number of amides is 1. The number of hydrogen-bond donors (Lipinski definition) is 1. The molecule has 5 heteroatoms. The van der Waals surface area contributed by atoms with Crippen molar-refractivity contribution < 1.29 is 4.79 Å². The minimum absolute atomic E-state index is 0.00742. The lowest BCUT2D eigenvalue weighted by atomic mass is 10.1. The number of benzene rings is 2.